The molecule has 0 spiro atoms. The Morgan fingerprint density at radius 1 is 1.08 bits per heavy atom. The van der Waals surface area contributed by atoms with Crippen molar-refractivity contribution in [1.29, 1.82) is 0 Å². The van der Waals surface area contributed by atoms with Gasteiger partial charge in [-0.25, -0.2) is 4.79 Å². The van der Waals surface area contributed by atoms with E-state index in [9.17, 15) is 4.79 Å². The molecule has 2 heterocycles. The molecule has 0 radical (unpaired) electrons. The van der Waals surface area contributed by atoms with Crippen LogP contribution in [0.1, 0.15) is 31.1 Å². The highest BCUT2D eigenvalue weighted by Crippen LogP contribution is 2.28. The monoisotopic (exact) mass is 511 g/mol. The average molecular weight is 512 g/mol. The van der Waals surface area contributed by atoms with E-state index >= 15 is 0 Å². The summed E-state index contributed by atoms with van der Waals surface area (Å²) in [6.45, 7) is 10.6. The molecule has 0 amide bonds. The first-order valence-corrected chi connectivity index (χ1v) is 12.4. The molecule has 0 bridgehead atoms. The van der Waals surface area contributed by atoms with Gasteiger partial charge in [0.2, 0.25) is 0 Å². The highest BCUT2D eigenvalue weighted by atomic mass is 35.5. The molecule has 1 aromatic heterocycles. The quantitative estimate of drug-likeness (QED) is 0.420. The molecular weight excluding hydrogens is 478 g/mol. The number of hydrogen-bond acceptors (Lipinski definition) is 6. The second-order valence-corrected chi connectivity index (χ2v) is 9.64. The van der Waals surface area contributed by atoms with Crippen LogP contribution in [0, 0.1) is 5.92 Å². The van der Waals surface area contributed by atoms with E-state index in [1.165, 1.54) is 12.1 Å². The van der Waals surface area contributed by atoms with E-state index in [0.717, 1.165) is 42.6 Å². The number of ether oxygens (including phenoxy) is 1. The van der Waals surface area contributed by atoms with Crippen molar-refractivity contribution in [2.75, 3.05) is 31.1 Å². The highest BCUT2D eigenvalue weighted by molar-refractivity contribution is 6.30. The average Bonchev–Trinajstić information content (AvgIpc) is 2.83. The molecule has 0 aliphatic carbocycles. The van der Waals surface area contributed by atoms with E-state index in [-0.39, 0.29) is 11.3 Å². The molecule has 3 aromatic rings. The second-order valence-electron chi connectivity index (χ2n) is 9.20. The number of carbonyl (C=O) groups is 1. The maximum Gasteiger partial charge on any atom is 0.339 e. The number of aromatic carboxylic acids is 1. The third-order valence-corrected chi connectivity index (χ3v) is 6.02. The van der Waals surface area contributed by atoms with Crippen molar-refractivity contribution in [3.05, 3.63) is 83.6 Å². The summed E-state index contributed by atoms with van der Waals surface area (Å²) < 4.78 is 5.86. The van der Waals surface area contributed by atoms with Gasteiger partial charge < -0.3 is 19.8 Å². The number of aromatic nitrogens is 1. The Balaban J connectivity index is 0.000000303. The van der Waals surface area contributed by atoms with Crippen molar-refractivity contribution in [3.8, 4) is 5.75 Å². The van der Waals surface area contributed by atoms with Crippen LogP contribution in [0.15, 0.2) is 73.1 Å². The smallest absolute Gasteiger partial charge is 0.339 e. The number of anilines is 2. The zero-order chi connectivity index (χ0) is 26.1. The molecule has 3 unspecified atom stereocenters. The lowest BCUT2D eigenvalue weighted by Crippen LogP contribution is -2.47. The Morgan fingerprint density at radius 3 is 2.33 bits per heavy atom. The number of nitrogens with zero attached hydrogens (tertiary/aromatic N) is 3. The van der Waals surface area contributed by atoms with Gasteiger partial charge >= 0.3 is 5.97 Å². The number of aromatic hydroxyl groups is 1. The number of rotatable bonds is 7. The Labute approximate surface area is 217 Å². The normalized spacial score (nSPS) is 18.6. The summed E-state index contributed by atoms with van der Waals surface area (Å²) in [4.78, 5) is 19.3. The van der Waals surface area contributed by atoms with E-state index in [4.69, 9.17) is 26.6 Å². The molecule has 8 heteroatoms. The number of phenols is 1. The molecule has 3 atom stereocenters. The fraction of sp³-hybridized carbons (Fsp3) is 0.357. The van der Waals surface area contributed by atoms with Crippen molar-refractivity contribution < 1.29 is 19.7 Å². The second kappa shape index (κ2) is 13.3. The van der Waals surface area contributed by atoms with Crippen LogP contribution in [-0.2, 0) is 4.74 Å². The number of carboxylic acid groups (broad SMARTS) is 1. The van der Waals surface area contributed by atoms with E-state index in [0.29, 0.717) is 18.1 Å². The number of benzene rings is 2. The molecular formula is C28H34ClN3O4. The number of halogens is 1. The number of morpholine rings is 1. The standard InChI is InChI=1S/C21H28ClN3O.C7H6O3/c1-16(12-24-14-17(2)26-18(3)15-24)13-25(20-7-9-23-10-8-20)21-6-4-5-19(22)11-21;8-6-4-2-1-3-5(6)7(9)10/h4-11,16-18H,12-15H2,1-3H3;1-4,8H,(H,9,10). The summed E-state index contributed by atoms with van der Waals surface area (Å²) in [6.07, 6.45) is 4.27. The van der Waals surface area contributed by atoms with Crippen molar-refractivity contribution in [2.24, 2.45) is 5.92 Å². The van der Waals surface area contributed by atoms with Gasteiger partial charge in [-0.1, -0.05) is 36.7 Å². The van der Waals surface area contributed by atoms with Gasteiger partial charge in [-0.15, -0.1) is 0 Å². The first-order valence-electron chi connectivity index (χ1n) is 12.0. The Hall–Kier alpha value is -3.13. The van der Waals surface area contributed by atoms with Gasteiger partial charge in [0, 0.05) is 55.0 Å². The van der Waals surface area contributed by atoms with E-state index < -0.39 is 5.97 Å². The molecule has 1 aliphatic heterocycles. The minimum Gasteiger partial charge on any atom is -0.507 e. The fourth-order valence-corrected chi connectivity index (χ4v) is 4.61. The molecule has 4 rings (SSSR count). The number of carboxylic acids is 1. The van der Waals surface area contributed by atoms with E-state index in [2.05, 4.69) is 41.6 Å². The maximum absolute atomic E-state index is 10.3. The Bertz CT molecular complexity index is 1100. The van der Waals surface area contributed by atoms with Gasteiger partial charge in [0.05, 0.1) is 12.2 Å². The van der Waals surface area contributed by atoms with Crippen molar-refractivity contribution in [1.82, 2.24) is 9.88 Å². The largest absolute Gasteiger partial charge is 0.507 e. The lowest BCUT2D eigenvalue weighted by atomic mass is 10.1. The third-order valence-electron chi connectivity index (χ3n) is 5.79. The Kier molecular flexibility index (Phi) is 10.1. The maximum atomic E-state index is 10.3. The van der Waals surface area contributed by atoms with E-state index in [1.54, 1.807) is 12.1 Å². The lowest BCUT2D eigenvalue weighted by Gasteiger charge is -2.37. The van der Waals surface area contributed by atoms with Crippen LogP contribution < -0.4 is 4.90 Å². The molecule has 1 aliphatic rings. The van der Waals surface area contributed by atoms with Crippen molar-refractivity contribution in [2.45, 2.75) is 33.0 Å². The minimum absolute atomic E-state index is 0.0671. The topological polar surface area (TPSA) is 86.1 Å². The number of para-hydroxylation sites is 1. The van der Waals surface area contributed by atoms with Gasteiger partial charge in [0.15, 0.2) is 0 Å². The number of hydrogen-bond donors (Lipinski definition) is 2. The van der Waals surface area contributed by atoms with Crippen LogP contribution in [-0.4, -0.2) is 64.5 Å². The first-order chi connectivity index (χ1) is 17.2. The minimum atomic E-state index is -1.11. The molecule has 36 heavy (non-hydrogen) atoms. The zero-order valence-corrected chi connectivity index (χ0v) is 21.7. The fourth-order valence-electron chi connectivity index (χ4n) is 4.43. The van der Waals surface area contributed by atoms with Gasteiger partial charge in [-0.05, 0) is 62.2 Å². The van der Waals surface area contributed by atoms with Crippen molar-refractivity contribution >= 4 is 28.9 Å². The summed E-state index contributed by atoms with van der Waals surface area (Å²) in [7, 11) is 0. The highest BCUT2D eigenvalue weighted by Gasteiger charge is 2.24. The molecule has 1 saturated heterocycles. The summed E-state index contributed by atoms with van der Waals surface area (Å²) >= 11 is 6.24. The molecule has 7 nitrogen and oxygen atoms in total. The predicted octanol–water partition coefficient (Wildman–Crippen LogP) is 5.71. The van der Waals surface area contributed by atoms with Crippen LogP contribution in [0.2, 0.25) is 5.02 Å². The van der Waals surface area contributed by atoms with Crippen LogP contribution in [0.5, 0.6) is 5.75 Å². The predicted molar refractivity (Wildman–Crippen MR) is 143 cm³/mol. The molecule has 2 N–H and O–H groups in total. The first kappa shape index (κ1) is 27.5. The van der Waals surface area contributed by atoms with Gasteiger partial charge in [0.25, 0.3) is 0 Å². The molecule has 2 aromatic carbocycles. The number of pyridine rings is 1. The van der Waals surface area contributed by atoms with Gasteiger partial charge in [0.1, 0.15) is 11.3 Å². The van der Waals surface area contributed by atoms with Crippen LogP contribution in [0.4, 0.5) is 11.4 Å². The zero-order valence-electron chi connectivity index (χ0n) is 20.9. The van der Waals surface area contributed by atoms with Gasteiger partial charge in [-0.3, -0.25) is 9.88 Å². The molecule has 0 saturated carbocycles. The van der Waals surface area contributed by atoms with Gasteiger partial charge in [-0.2, -0.15) is 0 Å². The van der Waals surface area contributed by atoms with Crippen LogP contribution in [0.3, 0.4) is 0 Å². The van der Waals surface area contributed by atoms with Crippen molar-refractivity contribution in [3.63, 3.8) is 0 Å². The molecule has 192 valence electrons. The summed E-state index contributed by atoms with van der Waals surface area (Å²) in [5.41, 5.74) is 2.18. The lowest BCUT2D eigenvalue weighted by molar-refractivity contribution is -0.0706. The van der Waals surface area contributed by atoms with E-state index in [1.807, 2.05) is 42.7 Å². The third kappa shape index (κ3) is 8.22. The van der Waals surface area contributed by atoms with Crippen LogP contribution >= 0.6 is 11.6 Å². The summed E-state index contributed by atoms with van der Waals surface area (Å²) in [5, 5.41) is 18.1. The molecule has 1 fully saturated rings. The Morgan fingerprint density at radius 2 is 1.75 bits per heavy atom. The summed E-state index contributed by atoms with van der Waals surface area (Å²) in [6, 6.07) is 18.0. The summed E-state index contributed by atoms with van der Waals surface area (Å²) in [5.74, 6) is -0.812. The SMILES string of the molecule is CC(CN1CC(C)OC(C)C1)CN(c1ccncc1)c1cccc(Cl)c1.O=C(O)c1ccccc1O. The van der Waals surface area contributed by atoms with Crippen LogP contribution in [0.25, 0.3) is 0 Å².